The summed E-state index contributed by atoms with van der Waals surface area (Å²) < 4.78 is 1.74. The first-order chi connectivity index (χ1) is 6.47. The van der Waals surface area contributed by atoms with E-state index in [9.17, 15) is 0 Å². The lowest BCUT2D eigenvalue weighted by Gasteiger charge is -2.18. The first-order valence-corrected chi connectivity index (χ1v) is 5.03. The van der Waals surface area contributed by atoms with Gasteiger partial charge in [0.15, 0.2) is 5.82 Å². The fourth-order valence-corrected chi connectivity index (χ4v) is 1.16. The van der Waals surface area contributed by atoms with Crippen LogP contribution in [0.5, 0.6) is 0 Å². The normalized spacial score (nSPS) is 12.0. The molecule has 0 fully saturated rings. The fraction of sp³-hybridized carbons (Fsp3) is 0.800. The summed E-state index contributed by atoms with van der Waals surface area (Å²) in [6, 6.07) is 0. The first kappa shape index (κ1) is 11.2. The zero-order chi connectivity index (χ0) is 10.6. The third-order valence-electron chi connectivity index (χ3n) is 1.83. The lowest BCUT2D eigenvalue weighted by molar-refractivity contribution is 0.381. The van der Waals surface area contributed by atoms with Crippen LogP contribution in [0.3, 0.4) is 0 Å². The molecular weight excluding hydrogens is 176 g/mol. The molecule has 1 heterocycles. The maximum atomic E-state index is 4.21. The molecule has 14 heavy (non-hydrogen) atoms. The lowest BCUT2D eigenvalue weighted by Crippen LogP contribution is -2.28. The molecule has 1 N–H and O–H groups in total. The van der Waals surface area contributed by atoms with E-state index in [1.165, 1.54) is 0 Å². The van der Waals surface area contributed by atoms with Gasteiger partial charge in [-0.25, -0.2) is 4.98 Å². The lowest BCUT2D eigenvalue weighted by atomic mass is 9.97. The van der Waals surface area contributed by atoms with Crippen LogP contribution in [-0.4, -0.2) is 27.9 Å². The van der Waals surface area contributed by atoms with Crippen LogP contribution in [0.1, 0.15) is 26.6 Å². The van der Waals surface area contributed by atoms with E-state index in [2.05, 4.69) is 36.2 Å². The van der Waals surface area contributed by atoms with Gasteiger partial charge in [0.25, 0.3) is 0 Å². The molecule has 0 aromatic carbocycles. The summed E-state index contributed by atoms with van der Waals surface area (Å²) in [5, 5.41) is 7.60. The van der Waals surface area contributed by atoms with Gasteiger partial charge in [-0.1, -0.05) is 20.8 Å². The van der Waals surface area contributed by atoms with E-state index in [0.717, 1.165) is 25.3 Å². The fourth-order valence-electron chi connectivity index (χ4n) is 1.16. The first-order valence-electron chi connectivity index (χ1n) is 5.03. The maximum Gasteiger partial charge on any atom is 0.151 e. The number of nitrogens with zero attached hydrogens (tertiary/aromatic N) is 3. The van der Waals surface area contributed by atoms with E-state index >= 15 is 0 Å². The molecule has 1 rings (SSSR count). The molecule has 1 aromatic rings. The third kappa shape index (κ3) is 4.37. The van der Waals surface area contributed by atoms with Crippen molar-refractivity contribution in [1.82, 2.24) is 20.1 Å². The topological polar surface area (TPSA) is 42.7 Å². The minimum absolute atomic E-state index is 0.345. The number of aromatic nitrogens is 3. The van der Waals surface area contributed by atoms with Crippen molar-refractivity contribution in [2.45, 2.75) is 27.2 Å². The molecule has 0 aliphatic carbocycles. The summed E-state index contributed by atoms with van der Waals surface area (Å²) in [6.07, 6.45) is 2.63. The maximum absolute atomic E-state index is 4.21. The highest BCUT2D eigenvalue weighted by Crippen LogP contribution is 2.09. The van der Waals surface area contributed by atoms with Gasteiger partial charge in [0, 0.05) is 26.6 Å². The molecule has 0 unspecified atom stereocenters. The van der Waals surface area contributed by atoms with Crippen molar-refractivity contribution in [2.75, 3.05) is 13.1 Å². The zero-order valence-electron chi connectivity index (χ0n) is 9.54. The molecule has 0 bridgehead atoms. The smallest absolute Gasteiger partial charge is 0.151 e. The van der Waals surface area contributed by atoms with Gasteiger partial charge < -0.3 is 5.32 Å². The van der Waals surface area contributed by atoms with Crippen LogP contribution in [0.4, 0.5) is 0 Å². The summed E-state index contributed by atoms with van der Waals surface area (Å²) in [5.74, 6) is 0.911. The summed E-state index contributed by atoms with van der Waals surface area (Å²) in [5.41, 5.74) is 0.345. The van der Waals surface area contributed by atoms with Crippen molar-refractivity contribution in [3.05, 3.63) is 12.2 Å². The van der Waals surface area contributed by atoms with Crippen molar-refractivity contribution in [3.63, 3.8) is 0 Å². The van der Waals surface area contributed by atoms with E-state index < -0.39 is 0 Å². The van der Waals surface area contributed by atoms with Crippen molar-refractivity contribution >= 4 is 0 Å². The van der Waals surface area contributed by atoms with Crippen LogP contribution < -0.4 is 5.32 Å². The SMILES string of the molecule is Cn1cnc(CCNCC(C)(C)C)n1. The summed E-state index contributed by atoms with van der Waals surface area (Å²) >= 11 is 0. The predicted octanol–water partition coefficient (Wildman–Crippen LogP) is 0.993. The molecule has 80 valence electrons. The minimum atomic E-state index is 0.345. The molecule has 0 spiro atoms. The number of rotatable bonds is 4. The number of hydrogen-bond donors (Lipinski definition) is 1. The van der Waals surface area contributed by atoms with Crippen LogP contribution in [0.25, 0.3) is 0 Å². The Labute approximate surface area is 85.7 Å². The Bertz CT molecular complexity index is 272. The Balaban J connectivity index is 2.16. The Morgan fingerprint density at radius 1 is 1.43 bits per heavy atom. The van der Waals surface area contributed by atoms with Crippen molar-refractivity contribution < 1.29 is 0 Å². The Morgan fingerprint density at radius 2 is 2.14 bits per heavy atom. The molecule has 0 atom stereocenters. The highest BCUT2D eigenvalue weighted by molar-refractivity contribution is 4.82. The van der Waals surface area contributed by atoms with Crippen molar-refractivity contribution in [2.24, 2.45) is 12.5 Å². The summed E-state index contributed by atoms with van der Waals surface area (Å²) in [7, 11) is 1.89. The Morgan fingerprint density at radius 3 is 2.64 bits per heavy atom. The largest absolute Gasteiger partial charge is 0.316 e. The zero-order valence-corrected chi connectivity index (χ0v) is 9.54. The molecule has 0 aliphatic rings. The highest BCUT2D eigenvalue weighted by Gasteiger charge is 2.08. The number of hydrogen-bond acceptors (Lipinski definition) is 3. The van der Waals surface area contributed by atoms with Gasteiger partial charge in [0.05, 0.1) is 0 Å². The second-order valence-electron chi connectivity index (χ2n) is 4.82. The van der Waals surface area contributed by atoms with E-state index in [1.807, 2.05) is 7.05 Å². The average Bonchev–Trinajstić information content (AvgIpc) is 2.44. The van der Waals surface area contributed by atoms with Crippen LogP contribution in [-0.2, 0) is 13.5 Å². The van der Waals surface area contributed by atoms with Gasteiger partial charge in [-0.05, 0) is 5.41 Å². The van der Waals surface area contributed by atoms with Gasteiger partial charge in [0.2, 0.25) is 0 Å². The van der Waals surface area contributed by atoms with E-state index in [0.29, 0.717) is 5.41 Å². The molecule has 0 saturated heterocycles. The van der Waals surface area contributed by atoms with Crippen LogP contribution in [0.2, 0.25) is 0 Å². The molecule has 1 aromatic heterocycles. The van der Waals surface area contributed by atoms with Crippen LogP contribution in [0.15, 0.2) is 6.33 Å². The molecule has 0 amide bonds. The molecule has 0 radical (unpaired) electrons. The second kappa shape index (κ2) is 4.55. The van der Waals surface area contributed by atoms with Gasteiger partial charge in [-0.2, -0.15) is 5.10 Å². The average molecular weight is 196 g/mol. The Kier molecular flexibility index (Phi) is 3.63. The van der Waals surface area contributed by atoms with Crippen LogP contribution >= 0.6 is 0 Å². The van der Waals surface area contributed by atoms with Gasteiger partial charge in [-0.3, -0.25) is 4.68 Å². The second-order valence-corrected chi connectivity index (χ2v) is 4.82. The standard InChI is InChI=1S/C10H20N4/c1-10(2,3)7-11-6-5-9-12-8-14(4)13-9/h8,11H,5-7H2,1-4H3. The molecule has 0 saturated carbocycles. The minimum Gasteiger partial charge on any atom is -0.316 e. The van der Waals surface area contributed by atoms with E-state index in [1.54, 1.807) is 11.0 Å². The van der Waals surface area contributed by atoms with Crippen molar-refractivity contribution in [1.29, 1.82) is 0 Å². The highest BCUT2D eigenvalue weighted by atomic mass is 15.3. The molecule has 4 nitrogen and oxygen atoms in total. The van der Waals surface area contributed by atoms with Crippen molar-refractivity contribution in [3.8, 4) is 0 Å². The quantitative estimate of drug-likeness (QED) is 0.730. The molecular formula is C10H20N4. The Hall–Kier alpha value is -0.900. The number of aryl methyl sites for hydroxylation is 1. The van der Waals surface area contributed by atoms with E-state index in [-0.39, 0.29) is 0 Å². The molecule has 0 aliphatic heterocycles. The predicted molar refractivity (Wildman–Crippen MR) is 57.0 cm³/mol. The number of nitrogens with one attached hydrogen (secondary N) is 1. The van der Waals surface area contributed by atoms with E-state index in [4.69, 9.17) is 0 Å². The van der Waals surface area contributed by atoms with Crippen LogP contribution in [0, 0.1) is 5.41 Å². The monoisotopic (exact) mass is 196 g/mol. The summed E-state index contributed by atoms with van der Waals surface area (Å²) in [4.78, 5) is 4.16. The molecule has 4 heteroatoms. The third-order valence-corrected chi connectivity index (χ3v) is 1.83. The van der Waals surface area contributed by atoms with Gasteiger partial charge >= 0.3 is 0 Å². The van der Waals surface area contributed by atoms with Gasteiger partial charge in [0.1, 0.15) is 6.33 Å². The van der Waals surface area contributed by atoms with Gasteiger partial charge in [-0.15, -0.1) is 0 Å². The summed E-state index contributed by atoms with van der Waals surface area (Å²) in [6.45, 7) is 8.64.